The fourth-order valence-electron chi connectivity index (χ4n) is 1.45. The molecule has 0 amide bonds. The lowest BCUT2D eigenvalue weighted by Gasteiger charge is -2.42. The van der Waals surface area contributed by atoms with Crippen molar-refractivity contribution in [2.24, 2.45) is 5.41 Å². The van der Waals surface area contributed by atoms with Crippen LogP contribution in [-0.4, -0.2) is 30.1 Å². The Morgan fingerprint density at radius 1 is 1.29 bits per heavy atom. The Labute approximate surface area is 84.2 Å². The Kier molecular flexibility index (Phi) is 3.17. The van der Waals surface area contributed by atoms with E-state index in [0.717, 1.165) is 12.8 Å². The van der Waals surface area contributed by atoms with Gasteiger partial charge in [0.05, 0.1) is 13.2 Å². The third-order valence-electron chi connectivity index (χ3n) is 3.20. The first-order valence-corrected chi connectivity index (χ1v) is 4.99. The minimum atomic E-state index is -1.45. The normalized spacial score (nSPS) is 24.5. The molecule has 0 aromatic heterocycles. The molecule has 1 rings (SSSR count). The van der Waals surface area contributed by atoms with E-state index in [1.165, 1.54) is 6.92 Å². The monoisotopic (exact) mass is 202 g/mol. The van der Waals surface area contributed by atoms with Gasteiger partial charge in [0.2, 0.25) is 0 Å². The molecule has 0 unspecified atom stereocenters. The van der Waals surface area contributed by atoms with Crippen molar-refractivity contribution >= 4 is 5.97 Å². The van der Waals surface area contributed by atoms with Crippen molar-refractivity contribution < 1.29 is 19.4 Å². The summed E-state index contributed by atoms with van der Waals surface area (Å²) < 4.78 is 10.6. The lowest BCUT2D eigenvalue weighted by atomic mass is 9.83. The second kappa shape index (κ2) is 3.87. The van der Waals surface area contributed by atoms with Crippen LogP contribution in [-0.2, 0) is 14.3 Å². The third-order valence-corrected chi connectivity index (χ3v) is 3.20. The molecule has 1 fully saturated rings. The van der Waals surface area contributed by atoms with Crippen molar-refractivity contribution in [1.29, 1.82) is 0 Å². The molecule has 0 aromatic rings. The van der Waals surface area contributed by atoms with E-state index >= 15 is 0 Å². The maximum absolute atomic E-state index is 10.8. The van der Waals surface area contributed by atoms with Gasteiger partial charge in [0.25, 0.3) is 5.79 Å². The number of aliphatic carboxylic acids is 1. The molecule has 0 atom stereocenters. The van der Waals surface area contributed by atoms with E-state index in [9.17, 15) is 4.79 Å². The first-order chi connectivity index (χ1) is 6.48. The molecule has 4 nitrogen and oxygen atoms in total. The lowest BCUT2D eigenvalue weighted by molar-refractivity contribution is -0.289. The minimum Gasteiger partial charge on any atom is -0.477 e. The smallest absolute Gasteiger partial charge is 0.364 e. The molecule has 1 heterocycles. The molecule has 0 aliphatic carbocycles. The SMILES string of the molecule is CCC1(CC)COC(C)(C(=O)O)OC1. The number of hydrogen-bond donors (Lipinski definition) is 1. The van der Waals surface area contributed by atoms with Crippen molar-refractivity contribution in [3.05, 3.63) is 0 Å². The predicted molar refractivity (Wildman–Crippen MR) is 51.0 cm³/mol. The van der Waals surface area contributed by atoms with Crippen LogP contribution in [0.4, 0.5) is 0 Å². The molecule has 14 heavy (non-hydrogen) atoms. The molecule has 1 saturated heterocycles. The second-order valence-electron chi connectivity index (χ2n) is 4.04. The molecular weight excluding hydrogens is 184 g/mol. The zero-order valence-electron chi connectivity index (χ0n) is 9.00. The number of carbonyl (C=O) groups is 1. The van der Waals surface area contributed by atoms with E-state index in [0.29, 0.717) is 13.2 Å². The van der Waals surface area contributed by atoms with Crippen molar-refractivity contribution in [3.8, 4) is 0 Å². The summed E-state index contributed by atoms with van der Waals surface area (Å²) in [5.74, 6) is -2.51. The van der Waals surface area contributed by atoms with Crippen LogP contribution in [0.2, 0.25) is 0 Å². The first kappa shape index (κ1) is 11.5. The van der Waals surface area contributed by atoms with Gasteiger partial charge in [-0.05, 0) is 12.8 Å². The Hall–Kier alpha value is -0.610. The standard InChI is InChI=1S/C10H18O4/c1-4-10(5-2)6-13-9(3,8(11)12)14-7-10/h4-7H2,1-3H3,(H,11,12). The average Bonchev–Trinajstić information content (AvgIpc) is 2.20. The zero-order valence-corrected chi connectivity index (χ0v) is 9.00. The van der Waals surface area contributed by atoms with Gasteiger partial charge in [0.1, 0.15) is 0 Å². The van der Waals surface area contributed by atoms with Gasteiger partial charge < -0.3 is 14.6 Å². The molecule has 1 aliphatic heterocycles. The van der Waals surface area contributed by atoms with Crippen molar-refractivity contribution in [2.75, 3.05) is 13.2 Å². The Bertz CT molecular complexity index is 210. The van der Waals surface area contributed by atoms with Crippen LogP contribution in [0.25, 0.3) is 0 Å². The highest BCUT2D eigenvalue weighted by Gasteiger charge is 2.45. The second-order valence-corrected chi connectivity index (χ2v) is 4.04. The van der Waals surface area contributed by atoms with Gasteiger partial charge in [-0.2, -0.15) is 0 Å². The van der Waals surface area contributed by atoms with Crippen LogP contribution in [0, 0.1) is 5.41 Å². The first-order valence-electron chi connectivity index (χ1n) is 4.99. The summed E-state index contributed by atoms with van der Waals surface area (Å²) >= 11 is 0. The van der Waals surface area contributed by atoms with Gasteiger partial charge >= 0.3 is 5.97 Å². The summed E-state index contributed by atoms with van der Waals surface area (Å²) in [6, 6.07) is 0. The molecule has 0 aromatic carbocycles. The molecule has 82 valence electrons. The highest BCUT2D eigenvalue weighted by atomic mass is 16.7. The van der Waals surface area contributed by atoms with Crippen molar-refractivity contribution in [1.82, 2.24) is 0 Å². The summed E-state index contributed by atoms with van der Waals surface area (Å²) in [5.41, 5.74) is -0.00500. The Balaban J connectivity index is 2.65. The maximum atomic E-state index is 10.8. The molecule has 0 saturated carbocycles. The third kappa shape index (κ3) is 1.91. The Morgan fingerprint density at radius 2 is 1.71 bits per heavy atom. The molecule has 0 radical (unpaired) electrons. The minimum absolute atomic E-state index is 0.00500. The highest BCUT2D eigenvalue weighted by molar-refractivity contribution is 5.75. The number of ether oxygens (including phenoxy) is 2. The summed E-state index contributed by atoms with van der Waals surface area (Å²) in [5, 5.41) is 8.86. The zero-order chi connectivity index (χ0) is 10.8. The summed E-state index contributed by atoms with van der Waals surface area (Å²) in [4.78, 5) is 10.8. The van der Waals surface area contributed by atoms with E-state index in [4.69, 9.17) is 14.6 Å². The van der Waals surface area contributed by atoms with E-state index in [2.05, 4.69) is 13.8 Å². The highest BCUT2D eigenvalue weighted by Crippen LogP contribution is 2.35. The fourth-order valence-corrected chi connectivity index (χ4v) is 1.45. The van der Waals surface area contributed by atoms with Crippen LogP contribution in [0.1, 0.15) is 33.6 Å². The number of carboxylic acids is 1. The van der Waals surface area contributed by atoms with Crippen LogP contribution in [0.15, 0.2) is 0 Å². The van der Waals surface area contributed by atoms with Crippen LogP contribution < -0.4 is 0 Å². The van der Waals surface area contributed by atoms with Gasteiger partial charge in [0.15, 0.2) is 0 Å². The number of rotatable bonds is 3. The Morgan fingerprint density at radius 3 is 2.00 bits per heavy atom. The van der Waals surface area contributed by atoms with Crippen LogP contribution >= 0.6 is 0 Å². The van der Waals surface area contributed by atoms with Crippen molar-refractivity contribution in [2.45, 2.75) is 39.4 Å². The van der Waals surface area contributed by atoms with Crippen LogP contribution in [0.5, 0.6) is 0 Å². The molecule has 1 N–H and O–H groups in total. The van der Waals surface area contributed by atoms with E-state index in [1.807, 2.05) is 0 Å². The quantitative estimate of drug-likeness (QED) is 0.755. The van der Waals surface area contributed by atoms with Crippen LogP contribution in [0.3, 0.4) is 0 Å². The lowest BCUT2D eigenvalue weighted by Crippen LogP contribution is -2.52. The number of carboxylic acid groups (broad SMARTS) is 1. The summed E-state index contributed by atoms with van der Waals surface area (Å²) in [6.07, 6.45) is 1.89. The van der Waals surface area contributed by atoms with Gasteiger partial charge in [-0.3, -0.25) is 0 Å². The van der Waals surface area contributed by atoms with Gasteiger partial charge in [-0.25, -0.2) is 4.79 Å². The number of hydrogen-bond acceptors (Lipinski definition) is 3. The maximum Gasteiger partial charge on any atom is 0.364 e. The molecular formula is C10H18O4. The van der Waals surface area contributed by atoms with E-state index in [-0.39, 0.29) is 5.41 Å². The molecule has 0 bridgehead atoms. The molecule has 0 spiro atoms. The topological polar surface area (TPSA) is 55.8 Å². The average molecular weight is 202 g/mol. The summed E-state index contributed by atoms with van der Waals surface area (Å²) in [7, 11) is 0. The van der Waals surface area contributed by atoms with Crippen molar-refractivity contribution in [3.63, 3.8) is 0 Å². The van der Waals surface area contributed by atoms with E-state index < -0.39 is 11.8 Å². The largest absolute Gasteiger partial charge is 0.477 e. The summed E-state index contributed by atoms with van der Waals surface area (Å²) in [6.45, 7) is 6.51. The van der Waals surface area contributed by atoms with E-state index in [1.54, 1.807) is 0 Å². The molecule has 1 aliphatic rings. The predicted octanol–water partition coefficient (Wildman–Crippen LogP) is 1.64. The molecule has 4 heteroatoms. The van der Waals surface area contributed by atoms with Gasteiger partial charge in [-0.15, -0.1) is 0 Å². The van der Waals surface area contributed by atoms with Gasteiger partial charge in [0, 0.05) is 12.3 Å². The fraction of sp³-hybridized carbons (Fsp3) is 0.900. The van der Waals surface area contributed by atoms with Gasteiger partial charge in [-0.1, -0.05) is 13.8 Å².